The van der Waals surface area contributed by atoms with E-state index in [1.807, 2.05) is 36.5 Å². The lowest BCUT2D eigenvalue weighted by Crippen LogP contribution is -2.30. The van der Waals surface area contributed by atoms with Crippen LogP contribution in [-0.4, -0.2) is 35.9 Å². The van der Waals surface area contributed by atoms with Gasteiger partial charge in [-0.2, -0.15) is 0 Å². The molecule has 2 atom stereocenters. The number of aromatic nitrogens is 2. The van der Waals surface area contributed by atoms with Crippen molar-refractivity contribution in [1.82, 2.24) is 14.9 Å². The van der Waals surface area contributed by atoms with Crippen molar-refractivity contribution in [2.75, 3.05) is 31.0 Å². The normalized spacial score (nSPS) is 17.2. The number of hydrogen-bond donors (Lipinski definition) is 1. The number of rotatable bonds is 6. The van der Waals surface area contributed by atoms with Crippen molar-refractivity contribution in [2.24, 2.45) is 0 Å². The van der Waals surface area contributed by atoms with Crippen molar-refractivity contribution in [3.63, 3.8) is 0 Å². The van der Waals surface area contributed by atoms with E-state index >= 15 is 0 Å². The Balaban J connectivity index is 1.67. The lowest BCUT2D eigenvalue weighted by molar-refractivity contribution is 0.414. The van der Waals surface area contributed by atoms with Gasteiger partial charge in [0.15, 0.2) is 5.11 Å². The summed E-state index contributed by atoms with van der Waals surface area (Å²) < 4.78 is 8.05. The summed E-state index contributed by atoms with van der Waals surface area (Å²) in [7, 11) is 5.80. The van der Waals surface area contributed by atoms with Gasteiger partial charge >= 0.3 is 0 Å². The van der Waals surface area contributed by atoms with Crippen LogP contribution >= 0.6 is 12.2 Å². The molecule has 0 amide bonds. The molecule has 1 saturated heterocycles. The number of ether oxygens (including phenoxy) is 1. The second-order valence-corrected chi connectivity index (χ2v) is 9.63. The molecule has 3 heterocycles. The Hall–Kier alpha value is -3.84. The average molecular weight is 498 g/mol. The highest BCUT2D eigenvalue weighted by Crippen LogP contribution is 2.46. The highest BCUT2D eigenvalue weighted by atomic mass is 32.1. The topological polar surface area (TPSA) is 45.6 Å². The van der Waals surface area contributed by atoms with E-state index in [9.17, 15) is 0 Å². The largest absolute Gasteiger partial charge is 0.495 e. The molecular weight excluding hydrogens is 466 g/mol. The van der Waals surface area contributed by atoms with E-state index in [4.69, 9.17) is 21.9 Å². The van der Waals surface area contributed by atoms with E-state index in [-0.39, 0.29) is 12.1 Å². The van der Waals surface area contributed by atoms with Crippen LogP contribution in [0.15, 0.2) is 79.0 Å². The number of nitrogens with zero attached hydrogens (tertiary/aromatic N) is 4. The van der Waals surface area contributed by atoms with Gasteiger partial charge in [-0.25, -0.2) is 0 Å². The molecule has 4 aromatic rings. The zero-order valence-corrected chi connectivity index (χ0v) is 22.1. The molecule has 0 spiro atoms. The number of hydrogen-bond acceptors (Lipinski definition) is 4. The van der Waals surface area contributed by atoms with E-state index in [1.165, 1.54) is 16.9 Å². The summed E-state index contributed by atoms with van der Waals surface area (Å²) in [5, 5.41) is 4.21. The maximum atomic E-state index is 5.92. The van der Waals surface area contributed by atoms with Crippen molar-refractivity contribution >= 4 is 28.7 Å². The standard InChI is InChI=1S/C29H31N5OS/c1-19-18-23(20(2)33(19)22-15-13-21(14-16-22)32(3)4)28-27(24-10-8-9-17-30-24)31-29(36)34(28)25-11-6-7-12-26(25)35-5/h6-18,27-28H,1-5H3,(H,31,36)/t27-,28+/m0/s1. The zero-order chi connectivity index (χ0) is 25.4. The van der Waals surface area contributed by atoms with Gasteiger partial charge in [0.2, 0.25) is 0 Å². The van der Waals surface area contributed by atoms with Gasteiger partial charge in [-0.15, -0.1) is 0 Å². The Morgan fingerprint density at radius 3 is 2.36 bits per heavy atom. The monoisotopic (exact) mass is 497 g/mol. The highest BCUT2D eigenvalue weighted by molar-refractivity contribution is 7.80. The van der Waals surface area contributed by atoms with Crippen LogP contribution in [0.3, 0.4) is 0 Å². The Kier molecular flexibility index (Phi) is 6.41. The van der Waals surface area contributed by atoms with Crippen LogP contribution in [0.5, 0.6) is 5.75 Å². The summed E-state index contributed by atoms with van der Waals surface area (Å²) in [6.45, 7) is 4.33. The SMILES string of the molecule is COc1ccccc1N1C(=S)N[C@@H](c2ccccn2)[C@H]1c1cc(C)n(-c2ccc(N(C)C)cc2)c1C. The third-order valence-corrected chi connectivity index (χ3v) is 7.17. The van der Waals surface area contributed by atoms with E-state index in [1.54, 1.807) is 7.11 Å². The average Bonchev–Trinajstić information content (AvgIpc) is 3.39. The first kappa shape index (κ1) is 23.9. The zero-order valence-electron chi connectivity index (χ0n) is 21.3. The molecule has 1 fully saturated rings. The molecule has 0 unspecified atom stereocenters. The lowest BCUT2D eigenvalue weighted by Gasteiger charge is -2.29. The lowest BCUT2D eigenvalue weighted by atomic mass is 9.96. The molecule has 7 heteroatoms. The number of methoxy groups -OCH3 is 1. The summed E-state index contributed by atoms with van der Waals surface area (Å²) >= 11 is 5.92. The van der Waals surface area contributed by atoms with Crippen molar-refractivity contribution in [1.29, 1.82) is 0 Å². The Morgan fingerprint density at radius 1 is 0.972 bits per heavy atom. The van der Waals surface area contributed by atoms with Gasteiger partial charge in [-0.05, 0) is 86.2 Å². The van der Waals surface area contributed by atoms with Crippen LogP contribution in [0, 0.1) is 13.8 Å². The number of benzene rings is 2. The Labute approximate surface area is 218 Å². The number of pyridine rings is 1. The van der Waals surface area contributed by atoms with Gasteiger partial charge in [0.25, 0.3) is 0 Å². The molecule has 2 aromatic heterocycles. The molecule has 1 aliphatic rings. The second kappa shape index (κ2) is 9.66. The van der Waals surface area contributed by atoms with Crippen molar-refractivity contribution in [3.8, 4) is 11.4 Å². The molecule has 0 aliphatic carbocycles. The molecule has 184 valence electrons. The van der Waals surface area contributed by atoms with Gasteiger partial charge in [0.05, 0.1) is 30.6 Å². The van der Waals surface area contributed by atoms with Gasteiger partial charge in [-0.3, -0.25) is 4.98 Å². The van der Waals surface area contributed by atoms with E-state index in [0.717, 1.165) is 28.5 Å². The molecule has 2 aromatic carbocycles. The highest BCUT2D eigenvalue weighted by Gasteiger charge is 2.43. The van der Waals surface area contributed by atoms with Gasteiger partial charge in [0.1, 0.15) is 5.75 Å². The first-order valence-electron chi connectivity index (χ1n) is 12.0. The predicted molar refractivity (Wildman–Crippen MR) is 150 cm³/mol. The molecule has 1 aliphatic heterocycles. The number of para-hydroxylation sites is 2. The third-order valence-electron chi connectivity index (χ3n) is 6.86. The first-order chi connectivity index (χ1) is 17.4. The minimum absolute atomic E-state index is 0.107. The fraction of sp³-hybridized carbons (Fsp3) is 0.241. The molecule has 0 bridgehead atoms. The summed E-state index contributed by atoms with van der Waals surface area (Å²) in [4.78, 5) is 8.98. The number of anilines is 2. The van der Waals surface area contributed by atoms with Crippen LogP contribution in [0.25, 0.3) is 5.69 Å². The van der Waals surface area contributed by atoms with Gasteiger partial charge in [-0.1, -0.05) is 18.2 Å². The van der Waals surface area contributed by atoms with Crippen LogP contribution in [-0.2, 0) is 0 Å². The van der Waals surface area contributed by atoms with E-state index in [2.05, 4.69) is 90.1 Å². The predicted octanol–water partition coefficient (Wildman–Crippen LogP) is 5.74. The first-order valence-corrected chi connectivity index (χ1v) is 12.4. The molecule has 1 N–H and O–H groups in total. The van der Waals surface area contributed by atoms with Crippen molar-refractivity contribution < 1.29 is 4.74 Å². The fourth-order valence-electron chi connectivity index (χ4n) is 5.14. The van der Waals surface area contributed by atoms with E-state index in [0.29, 0.717) is 5.11 Å². The quantitative estimate of drug-likeness (QED) is 0.343. The Bertz CT molecular complexity index is 1380. The summed E-state index contributed by atoms with van der Waals surface area (Å²) in [5.41, 5.74) is 7.71. The number of thiocarbonyl (C=S) groups is 1. The minimum atomic E-state index is -0.117. The molecule has 0 saturated carbocycles. The van der Waals surface area contributed by atoms with E-state index < -0.39 is 0 Å². The maximum Gasteiger partial charge on any atom is 0.174 e. The summed E-state index contributed by atoms with van der Waals surface area (Å²) in [5.74, 6) is 0.779. The number of aryl methyl sites for hydroxylation is 1. The third kappa shape index (κ3) is 4.09. The molecule has 6 nitrogen and oxygen atoms in total. The van der Waals surface area contributed by atoms with Gasteiger partial charge in [0, 0.05) is 43.1 Å². The van der Waals surface area contributed by atoms with Crippen LogP contribution in [0.1, 0.15) is 34.7 Å². The van der Waals surface area contributed by atoms with Crippen LogP contribution in [0.2, 0.25) is 0 Å². The van der Waals surface area contributed by atoms with Gasteiger partial charge < -0.3 is 24.4 Å². The molecule has 5 rings (SSSR count). The molecule has 36 heavy (non-hydrogen) atoms. The fourth-order valence-corrected chi connectivity index (χ4v) is 5.48. The molecule has 0 radical (unpaired) electrons. The second-order valence-electron chi connectivity index (χ2n) is 9.24. The van der Waals surface area contributed by atoms with Crippen molar-refractivity contribution in [2.45, 2.75) is 25.9 Å². The van der Waals surface area contributed by atoms with Crippen LogP contribution < -0.4 is 19.9 Å². The van der Waals surface area contributed by atoms with Crippen molar-refractivity contribution in [3.05, 3.63) is 102 Å². The molecular formula is C29H31N5OS. The van der Waals surface area contributed by atoms with Crippen LogP contribution in [0.4, 0.5) is 11.4 Å². The summed E-state index contributed by atoms with van der Waals surface area (Å²) in [6.07, 6.45) is 1.83. The maximum absolute atomic E-state index is 5.92. The number of nitrogens with one attached hydrogen (secondary N) is 1. The smallest absolute Gasteiger partial charge is 0.174 e. The minimum Gasteiger partial charge on any atom is -0.495 e. The summed E-state index contributed by atoms with van der Waals surface area (Å²) in [6, 6.07) is 24.7. The Morgan fingerprint density at radius 2 is 1.69 bits per heavy atom.